The summed E-state index contributed by atoms with van der Waals surface area (Å²) in [5, 5.41) is 0. The molecule has 0 aliphatic rings. The van der Waals surface area contributed by atoms with Gasteiger partial charge in [0.2, 0.25) is 0 Å². The van der Waals surface area contributed by atoms with Crippen LogP contribution in [0.3, 0.4) is 0 Å². The summed E-state index contributed by atoms with van der Waals surface area (Å²) < 4.78 is 11.5. The average molecular weight is 195 g/mol. The first-order valence-electron chi connectivity index (χ1n) is 4.79. The maximum Gasteiger partial charge on any atom is 0.343 e. The van der Waals surface area contributed by atoms with Gasteiger partial charge in [0.1, 0.15) is 6.16 Å². The van der Waals surface area contributed by atoms with Crippen LogP contribution in [0.5, 0.6) is 0 Å². The summed E-state index contributed by atoms with van der Waals surface area (Å²) in [5.41, 5.74) is 1.19. The zero-order valence-electron chi connectivity index (χ0n) is 8.07. The van der Waals surface area contributed by atoms with E-state index >= 15 is 0 Å². The molecule has 0 aromatic heterocycles. The predicted octanol–water partition coefficient (Wildman–Crippen LogP) is 3.81. The molecule has 0 spiro atoms. The van der Waals surface area contributed by atoms with Crippen LogP contribution in [0.1, 0.15) is 25.3 Å². The number of benzene rings is 1. The Morgan fingerprint density at radius 1 is 1.23 bits per heavy atom. The van der Waals surface area contributed by atoms with Crippen LogP contribution in [0.25, 0.3) is 0 Å². The van der Waals surface area contributed by atoms with Crippen molar-refractivity contribution in [1.29, 1.82) is 0 Å². The van der Waals surface area contributed by atoms with Gasteiger partial charge in [0.25, 0.3) is 0 Å². The molecule has 0 amide bonds. The molecule has 1 atom stereocenters. The summed E-state index contributed by atoms with van der Waals surface area (Å²) in [6.45, 7) is 2.13. The van der Waals surface area contributed by atoms with E-state index in [2.05, 4.69) is 6.92 Å². The zero-order valence-corrected chi connectivity index (χ0v) is 8.97. The largest absolute Gasteiger partial charge is 0.343 e. The molecule has 0 aliphatic carbocycles. The van der Waals surface area contributed by atoms with Crippen molar-refractivity contribution in [2.45, 2.75) is 25.9 Å². The van der Waals surface area contributed by atoms with E-state index in [9.17, 15) is 4.57 Å². The molecule has 70 valence electrons. The Morgan fingerprint density at radius 3 is 2.54 bits per heavy atom. The average Bonchev–Trinajstić information content (AvgIpc) is 2.16. The van der Waals surface area contributed by atoms with Crippen LogP contribution >= 0.6 is 7.80 Å². The molecule has 0 N–H and O–H groups in total. The summed E-state index contributed by atoms with van der Waals surface area (Å²) in [6, 6.07) is 10.1. The van der Waals surface area contributed by atoms with Crippen LogP contribution in [-0.4, -0.2) is 6.16 Å². The van der Waals surface area contributed by atoms with Gasteiger partial charge in [-0.25, -0.2) is 0 Å². The van der Waals surface area contributed by atoms with Crippen molar-refractivity contribution in [3.8, 4) is 0 Å². The Hall–Kier alpha value is -0.680. The molecular weight excluding hydrogens is 179 g/mol. The minimum absolute atomic E-state index is 0.746. The fourth-order valence-corrected chi connectivity index (χ4v) is 2.65. The molecule has 13 heavy (non-hydrogen) atoms. The Bertz CT molecular complexity index is 256. The standard InChI is InChI=1S/C11H16OP/c1-2-3-9-13(12)10-11-7-5-4-6-8-11/h4-8H,2-3,9-10H2,1H3/q+1. The van der Waals surface area contributed by atoms with E-state index in [4.69, 9.17) is 0 Å². The second-order valence-corrected chi connectivity index (χ2v) is 4.93. The smallest absolute Gasteiger partial charge is 0.0744 e. The van der Waals surface area contributed by atoms with Crippen molar-refractivity contribution in [3.63, 3.8) is 0 Å². The molecule has 1 nitrogen and oxygen atoms in total. The second-order valence-electron chi connectivity index (χ2n) is 3.20. The third-order valence-corrected chi connectivity index (χ3v) is 3.50. The van der Waals surface area contributed by atoms with E-state index in [1.54, 1.807) is 0 Å². The first-order valence-corrected chi connectivity index (χ1v) is 6.42. The van der Waals surface area contributed by atoms with Gasteiger partial charge in [0, 0.05) is 0 Å². The van der Waals surface area contributed by atoms with Crippen molar-refractivity contribution < 1.29 is 4.57 Å². The van der Waals surface area contributed by atoms with Crippen LogP contribution in [-0.2, 0) is 10.7 Å². The first kappa shape index (κ1) is 10.4. The molecule has 0 aliphatic heterocycles. The van der Waals surface area contributed by atoms with Crippen LogP contribution in [0.4, 0.5) is 0 Å². The van der Waals surface area contributed by atoms with Crippen molar-refractivity contribution in [2.75, 3.05) is 6.16 Å². The Morgan fingerprint density at radius 2 is 1.92 bits per heavy atom. The maximum absolute atomic E-state index is 11.5. The minimum atomic E-state index is -1.01. The van der Waals surface area contributed by atoms with Crippen molar-refractivity contribution in [1.82, 2.24) is 0 Å². The quantitative estimate of drug-likeness (QED) is 0.653. The Labute approximate surface area is 81.0 Å². The highest BCUT2D eigenvalue weighted by Crippen LogP contribution is 2.27. The predicted molar refractivity (Wildman–Crippen MR) is 57.5 cm³/mol. The summed E-state index contributed by atoms with van der Waals surface area (Å²) in [5.74, 6) is 0. The minimum Gasteiger partial charge on any atom is -0.0744 e. The second kappa shape index (κ2) is 5.88. The van der Waals surface area contributed by atoms with E-state index in [0.717, 1.165) is 25.2 Å². The summed E-state index contributed by atoms with van der Waals surface area (Å²) in [4.78, 5) is 0. The molecule has 1 unspecified atom stereocenters. The highest BCUT2D eigenvalue weighted by Gasteiger charge is 2.13. The molecule has 0 fully saturated rings. The molecule has 0 radical (unpaired) electrons. The topological polar surface area (TPSA) is 17.1 Å². The lowest BCUT2D eigenvalue weighted by molar-refractivity contribution is 0.585. The number of hydrogen-bond acceptors (Lipinski definition) is 1. The van der Waals surface area contributed by atoms with Crippen LogP contribution in [0, 0.1) is 0 Å². The van der Waals surface area contributed by atoms with Gasteiger partial charge in [-0.15, -0.1) is 0 Å². The van der Waals surface area contributed by atoms with E-state index < -0.39 is 7.80 Å². The molecule has 0 heterocycles. The van der Waals surface area contributed by atoms with Crippen LogP contribution in [0.2, 0.25) is 0 Å². The van der Waals surface area contributed by atoms with Crippen LogP contribution < -0.4 is 0 Å². The van der Waals surface area contributed by atoms with Gasteiger partial charge in [-0.2, -0.15) is 0 Å². The maximum atomic E-state index is 11.5. The first-order chi connectivity index (χ1) is 6.33. The number of rotatable bonds is 5. The van der Waals surface area contributed by atoms with E-state index in [0.29, 0.717) is 0 Å². The van der Waals surface area contributed by atoms with Crippen LogP contribution in [0.15, 0.2) is 30.3 Å². The highest BCUT2D eigenvalue weighted by molar-refractivity contribution is 7.43. The molecule has 1 aromatic rings. The fraction of sp³-hybridized carbons (Fsp3) is 0.455. The SMILES string of the molecule is CCCC[P+](=O)Cc1ccccc1. The Kier molecular flexibility index (Phi) is 4.70. The molecule has 2 heteroatoms. The summed E-state index contributed by atoms with van der Waals surface area (Å²) in [7, 11) is -1.01. The molecule has 1 aromatic carbocycles. The molecule has 0 saturated heterocycles. The van der Waals surface area contributed by atoms with Crippen molar-refractivity contribution in [3.05, 3.63) is 35.9 Å². The molecule has 0 bridgehead atoms. The van der Waals surface area contributed by atoms with Gasteiger partial charge in [-0.3, -0.25) is 0 Å². The third kappa shape index (κ3) is 4.19. The van der Waals surface area contributed by atoms with Gasteiger partial charge >= 0.3 is 7.80 Å². The van der Waals surface area contributed by atoms with Gasteiger partial charge in [-0.1, -0.05) is 48.2 Å². The van der Waals surface area contributed by atoms with E-state index in [1.165, 1.54) is 5.56 Å². The van der Waals surface area contributed by atoms with Gasteiger partial charge < -0.3 is 0 Å². The third-order valence-electron chi connectivity index (χ3n) is 1.96. The lowest BCUT2D eigenvalue weighted by atomic mass is 10.2. The fourth-order valence-electron chi connectivity index (χ4n) is 1.20. The zero-order chi connectivity index (χ0) is 9.52. The lowest BCUT2D eigenvalue weighted by Gasteiger charge is -1.90. The van der Waals surface area contributed by atoms with Gasteiger partial charge in [0.05, 0.1) is 0 Å². The summed E-state index contributed by atoms with van der Waals surface area (Å²) >= 11 is 0. The normalized spacial score (nSPS) is 11.3. The van der Waals surface area contributed by atoms with E-state index in [1.807, 2.05) is 30.3 Å². The molecular formula is C11H16OP+. The number of hydrogen-bond donors (Lipinski definition) is 0. The summed E-state index contributed by atoms with van der Waals surface area (Å²) in [6.07, 6.45) is 3.84. The Balaban J connectivity index is 2.37. The van der Waals surface area contributed by atoms with Crippen molar-refractivity contribution in [2.24, 2.45) is 0 Å². The van der Waals surface area contributed by atoms with Crippen molar-refractivity contribution >= 4 is 7.80 Å². The van der Waals surface area contributed by atoms with Gasteiger partial charge in [0.15, 0.2) is 6.16 Å². The molecule has 1 rings (SSSR count). The monoisotopic (exact) mass is 195 g/mol. The highest BCUT2D eigenvalue weighted by atomic mass is 31.1. The van der Waals surface area contributed by atoms with E-state index in [-0.39, 0.29) is 0 Å². The lowest BCUT2D eigenvalue weighted by Crippen LogP contribution is -1.82. The molecule has 0 saturated carbocycles. The number of unbranched alkanes of at least 4 members (excludes halogenated alkanes) is 1. The van der Waals surface area contributed by atoms with Gasteiger partial charge in [-0.05, 0) is 12.0 Å².